The number of benzene rings is 2. The van der Waals surface area contributed by atoms with Gasteiger partial charge in [-0.2, -0.15) is 0 Å². The van der Waals surface area contributed by atoms with Gasteiger partial charge in [-0.1, -0.05) is 18.2 Å². The first-order valence-electron chi connectivity index (χ1n) is 9.67. The van der Waals surface area contributed by atoms with Crippen molar-refractivity contribution in [1.82, 2.24) is 10.2 Å². The Morgan fingerprint density at radius 2 is 1.93 bits per heavy atom. The van der Waals surface area contributed by atoms with Gasteiger partial charge in [-0.25, -0.2) is 0 Å². The first kappa shape index (κ1) is 17.9. The van der Waals surface area contributed by atoms with Crippen LogP contribution in [0.2, 0.25) is 0 Å². The maximum Gasteiger partial charge on any atom is 0.222 e. The molecule has 1 N–H and O–H groups in total. The van der Waals surface area contributed by atoms with Crippen LogP contribution in [0, 0.1) is 5.92 Å². The fourth-order valence-corrected chi connectivity index (χ4v) is 3.96. The maximum atomic E-state index is 11.8. The summed E-state index contributed by atoms with van der Waals surface area (Å²) in [5.41, 5.74) is 1.20. The van der Waals surface area contributed by atoms with Gasteiger partial charge in [0, 0.05) is 31.5 Å². The van der Waals surface area contributed by atoms with Gasteiger partial charge >= 0.3 is 0 Å². The number of nitrogens with zero attached hydrogens (tertiary/aromatic N) is 1. The van der Waals surface area contributed by atoms with E-state index in [9.17, 15) is 4.79 Å². The van der Waals surface area contributed by atoms with Gasteiger partial charge in [0.05, 0.1) is 0 Å². The predicted molar refractivity (Wildman–Crippen MR) is 104 cm³/mol. The van der Waals surface area contributed by atoms with E-state index in [2.05, 4.69) is 16.3 Å². The number of likely N-dealkylation sites (tertiary alicyclic amines) is 1. The molecule has 2 aliphatic rings. The molecule has 1 saturated heterocycles. The Labute approximate surface area is 160 Å². The summed E-state index contributed by atoms with van der Waals surface area (Å²) in [5, 5.41) is 2.76. The van der Waals surface area contributed by atoms with Crippen LogP contribution in [0.1, 0.15) is 18.4 Å². The fourth-order valence-electron chi connectivity index (χ4n) is 3.96. The molecule has 1 atom stereocenters. The lowest BCUT2D eigenvalue weighted by molar-refractivity contribution is -0.126. The molecule has 5 nitrogen and oxygen atoms in total. The summed E-state index contributed by atoms with van der Waals surface area (Å²) in [6.07, 6.45) is 2.92. The van der Waals surface area contributed by atoms with Crippen molar-refractivity contribution in [3.05, 3.63) is 54.1 Å². The molecule has 142 valence electrons. The molecule has 0 aliphatic carbocycles. The number of carbonyl (C=O) groups excluding carboxylic acids is 1. The molecule has 1 unspecified atom stereocenters. The molecule has 0 aromatic heterocycles. The number of hydrogen-bond acceptors (Lipinski definition) is 4. The van der Waals surface area contributed by atoms with Crippen LogP contribution < -0.4 is 14.8 Å². The van der Waals surface area contributed by atoms with E-state index in [1.807, 2.05) is 42.5 Å². The minimum absolute atomic E-state index is 0.158. The first-order chi connectivity index (χ1) is 13.2. The summed E-state index contributed by atoms with van der Waals surface area (Å²) in [7, 11) is 1.72. The second-order valence-corrected chi connectivity index (χ2v) is 7.32. The zero-order valence-electron chi connectivity index (χ0n) is 15.7. The standard InChI is InChI=1S/C22H26N2O3/c1-23-22(25)16-9-11-24(12-10-16)15-20-14-17-13-19(7-8-21(17)27-20)26-18-5-3-2-4-6-18/h2-8,13,16,20H,9-12,14-15H2,1H3,(H,23,25). The summed E-state index contributed by atoms with van der Waals surface area (Å²) in [6.45, 7) is 2.82. The lowest BCUT2D eigenvalue weighted by atomic mass is 9.95. The lowest BCUT2D eigenvalue weighted by Gasteiger charge is -2.32. The van der Waals surface area contributed by atoms with E-state index in [-0.39, 0.29) is 17.9 Å². The molecule has 27 heavy (non-hydrogen) atoms. The van der Waals surface area contributed by atoms with Gasteiger partial charge in [-0.15, -0.1) is 0 Å². The average molecular weight is 366 g/mol. The molecule has 2 aliphatic heterocycles. The summed E-state index contributed by atoms with van der Waals surface area (Å²) >= 11 is 0. The third-order valence-electron chi connectivity index (χ3n) is 5.42. The number of rotatable bonds is 5. The Morgan fingerprint density at radius 3 is 2.67 bits per heavy atom. The Balaban J connectivity index is 1.31. The van der Waals surface area contributed by atoms with Crippen molar-refractivity contribution in [3.63, 3.8) is 0 Å². The summed E-state index contributed by atoms with van der Waals surface area (Å²) in [5.74, 6) is 2.97. The Bertz CT molecular complexity index is 785. The Hall–Kier alpha value is -2.53. The number of piperidine rings is 1. The molecule has 4 rings (SSSR count). The van der Waals surface area contributed by atoms with Crippen LogP contribution in [-0.4, -0.2) is 43.6 Å². The van der Waals surface area contributed by atoms with Crippen molar-refractivity contribution >= 4 is 5.91 Å². The maximum absolute atomic E-state index is 11.8. The monoisotopic (exact) mass is 366 g/mol. The summed E-state index contributed by atoms with van der Waals surface area (Å²) in [6, 6.07) is 15.9. The van der Waals surface area contributed by atoms with E-state index < -0.39 is 0 Å². The van der Waals surface area contributed by atoms with E-state index in [4.69, 9.17) is 9.47 Å². The first-order valence-corrected chi connectivity index (χ1v) is 9.67. The third-order valence-corrected chi connectivity index (χ3v) is 5.42. The van der Waals surface area contributed by atoms with E-state index in [1.165, 1.54) is 5.56 Å². The highest BCUT2D eigenvalue weighted by molar-refractivity contribution is 5.78. The Morgan fingerprint density at radius 1 is 1.15 bits per heavy atom. The Kier molecular flexibility index (Phi) is 5.30. The highest BCUT2D eigenvalue weighted by atomic mass is 16.5. The van der Waals surface area contributed by atoms with Crippen molar-refractivity contribution in [2.75, 3.05) is 26.7 Å². The number of hydrogen-bond donors (Lipinski definition) is 1. The second kappa shape index (κ2) is 8.01. The van der Waals surface area contributed by atoms with Crippen molar-refractivity contribution in [3.8, 4) is 17.2 Å². The molecular formula is C22H26N2O3. The van der Waals surface area contributed by atoms with Crippen molar-refractivity contribution < 1.29 is 14.3 Å². The number of nitrogens with one attached hydrogen (secondary N) is 1. The van der Waals surface area contributed by atoms with Crippen LogP contribution in [0.3, 0.4) is 0 Å². The molecule has 2 aromatic carbocycles. The molecule has 2 aromatic rings. The van der Waals surface area contributed by atoms with E-state index in [0.29, 0.717) is 0 Å². The van der Waals surface area contributed by atoms with Gasteiger partial charge in [0.2, 0.25) is 5.91 Å². The van der Waals surface area contributed by atoms with Gasteiger partial charge in [0.15, 0.2) is 0 Å². The van der Waals surface area contributed by atoms with E-state index in [0.717, 1.165) is 56.1 Å². The van der Waals surface area contributed by atoms with Crippen molar-refractivity contribution in [1.29, 1.82) is 0 Å². The molecule has 5 heteroatoms. The van der Waals surface area contributed by atoms with Crippen LogP contribution in [-0.2, 0) is 11.2 Å². The van der Waals surface area contributed by atoms with Crippen LogP contribution in [0.5, 0.6) is 17.2 Å². The molecule has 1 fully saturated rings. The minimum Gasteiger partial charge on any atom is -0.488 e. The van der Waals surface area contributed by atoms with Crippen LogP contribution in [0.15, 0.2) is 48.5 Å². The lowest BCUT2D eigenvalue weighted by Crippen LogP contribution is -2.43. The second-order valence-electron chi connectivity index (χ2n) is 7.32. The highest BCUT2D eigenvalue weighted by Crippen LogP contribution is 2.34. The molecule has 0 radical (unpaired) electrons. The fraction of sp³-hybridized carbons (Fsp3) is 0.409. The zero-order valence-corrected chi connectivity index (χ0v) is 15.7. The van der Waals surface area contributed by atoms with Crippen LogP contribution in [0.25, 0.3) is 0 Å². The third kappa shape index (κ3) is 4.25. The average Bonchev–Trinajstić information content (AvgIpc) is 3.10. The molecule has 0 bridgehead atoms. The van der Waals surface area contributed by atoms with Gasteiger partial charge in [0.1, 0.15) is 23.4 Å². The number of ether oxygens (including phenoxy) is 2. The summed E-state index contributed by atoms with van der Waals surface area (Å²) < 4.78 is 12.1. The van der Waals surface area contributed by atoms with Gasteiger partial charge in [0.25, 0.3) is 0 Å². The SMILES string of the molecule is CNC(=O)C1CCN(CC2Cc3cc(Oc4ccccc4)ccc3O2)CC1. The largest absolute Gasteiger partial charge is 0.488 e. The predicted octanol–water partition coefficient (Wildman–Crippen LogP) is 3.24. The molecule has 1 amide bonds. The zero-order chi connectivity index (χ0) is 18.6. The number of carbonyl (C=O) groups is 1. The normalized spacial score (nSPS) is 20.0. The molecule has 2 heterocycles. The smallest absolute Gasteiger partial charge is 0.222 e. The quantitative estimate of drug-likeness (QED) is 0.883. The number of para-hydroxylation sites is 1. The molecule has 0 saturated carbocycles. The highest BCUT2D eigenvalue weighted by Gasteiger charge is 2.29. The number of fused-ring (bicyclic) bond motifs is 1. The van der Waals surface area contributed by atoms with Crippen molar-refractivity contribution in [2.45, 2.75) is 25.4 Å². The van der Waals surface area contributed by atoms with Gasteiger partial charge in [-0.05, 0) is 56.3 Å². The molecule has 0 spiro atoms. The number of amides is 1. The summed E-state index contributed by atoms with van der Waals surface area (Å²) in [4.78, 5) is 14.2. The van der Waals surface area contributed by atoms with Gasteiger partial charge in [-0.3, -0.25) is 9.69 Å². The van der Waals surface area contributed by atoms with Crippen LogP contribution in [0.4, 0.5) is 0 Å². The minimum atomic E-state index is 0.158. The topological polar surface area (TPSA) is 50.8 Å². The molecular weight excluding hydrogens is 340 g/mol. The van der Waals surface area contributed by atoms with Crippen LogP contribution >= 0.6 is 0 Å². The van der Waals surface area contributed by atoms with Gasteiger partial charge < -0.3 is 14.8 Å². The van der Waals surface area contributed by atoms with E-state index >= 15 is 0 Å². The van der Waals surface area contributed by atoms with Crippen molar-refractivity contribution in [2.24, 2.45) is 5.92 Å². The van der Waals surface area contributed by atoms with E-state index in [1.54, 1.807) is 7.05 Å².